The predicted octanol–water partition coefficient (Wildman–Crippen LogP) is 9.33. The SMILES string of the molecule is CCCCCC/C=C/CCCCCCCC(=O)OC[C@H](CO[C@@H]1O[C@H](CO)[C@H](O)C(O)C1O)OC(=O)CCCCCCCCC/C=C/CCCCCCCC. The molecule has 1 saturated heterocycles. The van der Waals surface area contributed by atoms with E-state index in [1.165, 1.54) is 96.3 Å². The summed E-state index contributed by atoms with van der Waals surface area (Å²) in [6, 6.07) is 0. The van der Waals surface area contributed by atoms with Crippen LogP contribution in [0.4, 0.5) is 0 Å². The van der Waals surface area contributed by atoms with Crippen molar-refractivity contribution in [3.05, 3.63) is 24.3 Å². The molecule has 10 nitrogen and oxygen atoms in total. The van der Waals surface area contributed by atoms with Crippen molar-refractivity contribution < 1.29 is 49.0 Å². The van der Waals surface area contributed by atoms with E-state index in [0.717, 1.165) is 57.8 Å². The number of esters is 2. The third-order valence-corrected chi connectivity index (χ3v) is 10.3. The number of rotatable bonds is 37. The highest BCUT2D eigenvalue weighted by Gasteiger charge is 2.44. The summed E-state index contributed by atoms with van der Waals surface area (Å²) in [5, 5.41) is 40.0. The van der Waals surface area contributed by atoms with Crippen LogP contribution in [0, 0.1) is 0 Å². The monoisotopic (exact) mass is 783 g/mol. The lowest BCUT2D eigenvalue weighted by Crippen LogP contribution is -2.59. The Kier molecular flexibility index (Phi) is 34.0. The highest BCUT2D eigenvalue weighted by Crippen LogP contribution is 2.22. The number of hydrogen-bond donors (Lipinski definition) is 4. The molecule has 4 N–H and O–H groups in total. The summed E-state index contributed by atoms with van der Waals surface area (Å²) in [6.07, 6.45) is 31.8. The van der Waals surface area contributed by atoms with Gasteiger partial charge in [0.1, 0.15) is 31.0 Å². The average molecular weight is 783 g/mol. The fourth-order valence-electron chi connectivity index (χ4n) is 6.71. The molecule has 0 aromatic heterocycles. The molecule has 0 saturated carbocycles. The first kappa shape index (κ1) is 51.2. The second-order valence-corrected chi connectivity index (χ2v) is 15.5. The second-order valence-electron chi connectivity index (χ2n) is 15.5. The standard InChI is InChI=1S/C45H82O10/c1-3-5-7-9-11-13-15-17-18-19-20-22-24-26-28-30-32-34-41(48)54-38(37-53-45-44(51)43(50)42(49)39(35-46)55-45)36-52-40(47)33-31-29-27-25-23-21-16-14-12-10-8-6-4-2/h14,16-18,38-39,42-46,49-51H,3-13,15,19-37H2,1-2H3/b16-14+,18-17+/t38-,39-,42+,43?,44?,45-/m1/s1. The lowest BCUT2D eigenvalue weighted by atomic mass is 9.99. The molecule has 0 radical (unpaired) electrons. The van der Waals surface area contributed by atoms with E-state index >= 15 is 0 Å². The Hall–Kier alpha value is -1.82. The molecule has 1 rings (SSSR count). The number of carbonyl (C=O) groups excluding carboxylic acids is 2. The molecule has 0 spiro atoms. The maximum Gasteiger partial charge on any atom is 0.306 e. The van der Waals surface area contributed by atoms with Gasteiger partial charge in [0, 0.05) is 12.8 Å². The van der Waals surface area contributed by atoms with Gasteiger partial charge in [-0.2, -0.15) is 0 Å². The first-order valence-corrected chi connectivity index (χ1v) is 22.4. The molecule has 2 unspecified atom stereocenters. The van der Waals surface area contributed by atoms with Gasteiger partial charge < -0.3 is 39.4 Å². The minimum absolute atomic E-state index is 0.221. The van der Waals surface area contributed by atoms with E-state index in [2.05, 4.69) is 38.2 Å². The van der Waals surface area contributed by atoms with Crippen molar-refractivity contribution in [2.75, 3.05) is 19.8 Å². The van der Waals surface area contributed by atoms with Gasteiger partial charge in [0.05, 0.1) is 13.2 Å². The summed E-state index contributed by atoms with van der Waals surface area (Å²) >= 11 is 0. The molecule has 1 heterocycles. The molecular weight excluding hydrogens is 700 g/mol. The molecular formula is C45H82O10. The smallest absolute Gasteiger partial charge is 0.306 e. The number of unbranched alkanes of at least 4 members (excludes halogenated alkanes) is 22. The Bertz CT molecular complexity index is 954. The van der Waals surface area contributed by atoms with E-state index in [9.17, 15) is 30.0 Å². The van der Waals surface area contributed by atoms with Crippen molar-refractivity contribution in [2.45, 2.75) is 230 Å². The summed E-state index contributed by atoms with van der Waals surface area (Å²) < 4.78 is 22.1. The van der Waals surface area contributed by atoms with Crippen molar-refractivity contribution in [3.8, 4) is 0 Å². The van der Waals surface area contributed by atoms with Crippen LogP contribution in [-0.4, -0.2) is 89.0 Å². The van der Waals surface area contributed by atoms with Crippen LogP contribution < -0.4 is 0 Å². The Morgan fingerprint density at radius 3 is 1.44 bits per heavy atom. The number of aliphatic hydroxyl groups is 4. The first-order valence-electron chi connectivity index (χ1n) is 22.4. The molecule has 55 heavy (non-hydrogen) atoms. The van der Waals surface area contributed by atoms with Crippen LogP contribution >= 0.6 is 0 Å². The second kappa shape index (κ2) is 36.5. The van der Waals surface area contributed by atoms with E-state index in [1.807, 2.05) is 0 Å². The molecule has 1 fully saturated rings. The van der Waals surface area contributed by atoms with Gasteiger partial charge in [-0.25, -0.2) is 0 Å². The van der Waals surface area contributed by atoms with Crippen LogP contribution in [0.5, 0.6) is 0 Å². The van der Waals surface area contributed by atoms with Crippen LogP contribution in [0.1, 0.15) is 194 Å². The van der Waals surface area contributed by atoms with Crippen molar-refractivity contribution in [2.24, 2.45) is 0 Å². The topological polar surface area (TPSA) is 152 Å². The van der Waals surface area contributed by atoms with Crippen LogP contribution in [0.2, 0.25) is 0 Å². The van der Waals surface area contributed by atoms with E-state index in [-0.39, 0.29) is 32.0 Å². The van der Waals surface area contributed by atoms with E-state index in [0.29, 0.717) is 12.8 Å². The van der Waals surface area contributed by atoms with Gasteiger partial charge >= 0.3 is 11.9 Å². The molecule has 0 aromatic rings. The molecule has 6 atom stereocenters. The lowest BCUT2D eigenvalue weighted by Gasteiger charge is -2.39. The molecule has 322 valence electrons. The summed E-state index contributed by atoms with van der Waals surface area (Å²) in [6.45, 7) is 3.39. The molecule has 1 aliphatic rings. The van der Waals surface area contributed by atoms with Crippen LogP contribution in [-0.2, 0) is 28.5 Å². The number of ether oxygens (including phenoxy) is 4. The Morgan fingerprint density at radius 2 is 0.964 bits per heavy atom. The minimum atomic E-state index is -1.59. The Balaban J connectivity index is 2.33. The van der Waals surface area contributed by atoms with Crippen LogP contribution in [0.15, 0.2) is 24.3 Å². The lowest BCUT2D eigenvalue weighted by molar-refractivity contribution is -0.305. The summed E-state index contributed by atoms with van der Waals surface area (Å²) in [5.41, 5.74) is 0. The third kappa shape index (κ3) is 28.3. The molecule has 0 amide bonds. The normalized spacial score (nSPS) is 20.7. The Morgan fingerprint density at radius 1 is 0.545 bits per heavy atom. The van der Waals surface area contributed by atoms with Gasteiger partial charge in [-0.15, -0.1) is 0 Å². The average Bonchev–Trinajstić information content (AvgIpc) is 3.18. The zero-order valence-corrected chi connectivity index (χ0v) is 34.9. The van der Waals surface area contributed by atoms with Crippen molar-refractivity contribution in [1.82, 2.24) is 0 Å². The predicted molar refractivity (Wildman–Crippen MR) is 219 cm³/mol. The van der Waals surface area contributed by atoms with E-state index < -0.39 is 49.4 Å². The van der Waals surface area contributed by atoms with E-state index in [4.69, 9.17) is 18.9 Å². The minimum Gasteiger partial charge on any atom is -0.462 e. The molecule has 1 aliphatic heterocycles. The molecule has 0 bridgehead atoms. The number of allylic oxidation sites excluding steroid dienone is 4. The maximum atomic E-state index is 12.8. The van der Waals surface area contributed by atoms with Gasteiger partial charge in [0.25, 0.3) is 0 Å². The zero-order chi connectivity index (χ0) is 40.2. The van der Waals surface area contributed by atoms with Gasteiger partial charge in [0.2, 0.25) is 0 Å². The number of hydrogen-bond acceptors (Lipinski definition) is 10. The van der Waals surface area contributed by atoms with Crippen molar-refractivity contribution >= 4 is 11.9 Å². The molecule has 10 heteroatoms. The van der Waals surface area contributed by atoms with Gasteiger partial charge in [-0.05, 0) is 64.2 Å². The van der Waals surface area contributed by atoms with Crippen LogP contribution in [0.25, 0.3) is 0 Å². The third-order valence-electron chi connectivity index (χ3n) is 10.3. The van der Waals surface area contributed by atoms with Crippen LogP contribution in [0.3, 0.4) is 0 Å². The van der Waals surface area contributed by atoms with E-state index in [1.54, 1.807) is 0 Å². The van der Waals surface area contributed by atoms with Crippen molar-refractivity contribution in [3.63, 3.8) is 0 Å². The summed E-state index contributed by atoms with van der Waals surface area (Å²) in [7, 11) is 0. The van der Waals surface area contributed by atoms with Gasteiger partial charge in [-0.1, -0.05) is 141 Å². The quantitative estimate of drug-likeness (QED) is 0.0273. The number of aliphatic hydroxyl groups excluding tert-OH is 4. The summed E-state index contributed by atoms with van der Waals surface area (Å²) in [5.74, 6) is -0.818. The molecule has 0 aliphatic carbocycles. The van der Waals surface area contributed by atoms with Gasteiger partial charge in [0.15, 0.2) is 12.4 Å². The maximum absolute atomic E-state index is 12.8. The van der Waals surface area contributed by atoms with Crippen molar-refractivity contribution in [1.29, 1.82) is 0 Å². The Labute approximate surface area is 334 Å². The zero-order valence-electron chi connectivity index (χ0n) is 34.9. The first-order chi connectivity index (χ1) is 26.8. The fraction of sp³-hybridized carbons (Fsp3) is 0.867. The molecule has 0 aromatic carbocycles. The van der Waals surface area contributed by atoms with Gasteiger partial charge in [-0.3, -0.25) is 9.59 Å². The largest absolute Gasteiger partial charge is 0.462 e. The number of carbonyl (C=O) groups is 2. The highest BCUT2D eigenvalue weighted by molar-refractivity contribution is 5.70. The fourth-order valence-corrected chi connectivity index (χ4v) is 6.71. The summed E-state index contributed by atoms with van der Waals surface area (Å²) in [4.78, 5) is 25.3. The highest BCUT2D eigenvalue weighted by atomic mass is 16.7.